The van der Waals surface area contributed by atoms with Gasteiger partial charge in [-0.1, -0.05) is 6.07 Å². The first-order chi connectivity index (χ1) is 12.1. The maximum atomic E-state index is 5.74. The van der Waals surface area contributed by atoms with Gasteiger partial charge in [0.15, 0.2) is 5.11 Å². The predicted molar refractivity (Wildman–Crippen MR) is 105 cm³/mol. The Labute approximate surface area is 154 Å². The lowest BCUT2D eigenvalue weighted by molar-refractivity contribution is 0.286. The van der Waals surface area contributed by atoms with Crippen molar-refractivity contribution in [2.24, 2.45) is 0 Å². The number of rotatable bonds is 8. The molecule has 0 unspecified atom stereocenters. The van der Waals surface area contributed by atoms with E-state index in [1.165, 1.54) is 0 Å². The Bertz CT molecular complexity index is 677. The second-order valence-corrected chi connectivity index (χ2v) is 5.86. The molecular formula is C19H24N2O3S. The summed E-state index contributed by atoms with van der Waals surface area (Å²) in [6.07, 6.45) is 0. The maximum Gasteiger partial charge on any atom is 0.171 e. The van der Waals surface area contributed by atoms with E-state index in [4.69, 9.17) is 26.4 Å². The van der Waals surface area contributed by atoms with Crippen molar-refractivity contribution in [3.8, 4) is 17.2 Å². The molecule has 0 radical (unpaired) electrons. The number of hydrogen-bond acceptors (Lipinski definition) is 4. The minimum Gasteiger partial charge on any atom is -0.497 e. The van der Waals surface area contributed by atoms with Crippen molar-refractivity contribution in [2.75, 3.05) is 25.6 Å². The van der Waals surface area contributed by atoms with Crippen LogP contribution in [-0.2, 0) is 0 Å². The Morgan fingerprint density at radius 3 is 2.44 bits per heavy atom. The van der Waals surface area contributed by atoms with E-state index in [1.807, 2.05) is 62.4 Å². The van der Waals surface area contributed by atoms with Crippen LogP contribution in [0.3, 0.4) is 0 Å². The van der Waals surface area contributed by atoms with Gasteiger partial charge in [0, 0.05) is 11.8 Å². The van der Waals surface area contributed by atoms with Crippen molar-refractivity contribution in [1.29, 1.82) is 0 Å². The number of hydrogen-bond donors (Lipinski definition) is 2. The van der Waals surface area contributed by atoms with Crippen LogP contribution in [0.4, 0.5) is 5.69 Å². The van der Waals surface area contributed by atoms with E-state index in [0.29, 0.717) is 18.3 Å². The summed E-state index contributed by atoms with van der Waals surface area (Å²) in [6, 6.07) is 15.2. The highest BCUT2D eigenvalue weighted by Crippen LogP contribution is 2.18. The van der Waals surface area contributed by atoms with Gasteiger partial charge in [0.2, 0.25) is 0 Å². The van der Waals surface area contributed by atoms with Crippen LogP contribution in [0, 0.1) is 0 Å². The first-order valence-corrected chi connectivity index (χ1v) is 8.58. The SMILES string of the molecule is CCOc1cccc(NC(=S)N[C@H](C)COc2ccc(OC)cc2)c1. The van der Waals surface area contributed by atoms with E-state index >= 15 is 0 Å². The molecule has 0 saturated carbocycles. The van der Waals surface area contributed by atoms with Gasteiger partial charge in [-0.3, -0.25) is 0 Å². The third kappa shape index (κ3) is 6.51. The summed E-state index contributed by atoms with van der Waals surface area (Å²) < 4.78 is 16.3. The zero-order valence-electron chi connectivity index (χ0n) is 14.7. The summed E-state index contributed by atoms with van der Waals surface area (Å²) >= 11 is 5.35. The van der Waals surface area contributed by atoms with Crippen molar-refractivity contribution >= 4 is 23.0 Å². The second-order valence-electron chi connectivity index (χ2n) is 5.45. The van der Waals surface area contributed by atoms with Crippen molar-refractivity contribution in [2.45, 2.75) is 19.9 Å². The van der Waals surface area contributed by atoms with Gasteiger partial charge in [0.25, 0.3) is 0 Å². The molecule has 0 aliphatic rings. The average molecular weight is 360 g/mol. The number of thiocarbonyl (C=S) groups is 1. The number of methoxy groups -OCH3 is 1. The molecule has 25 heavy (non-hydrogen) atoms. The molecule has 134 valence electrons. The fourth-order valence-corrected chi connectivity index (χ4v) is 2.48. The zero-order chi connectivity index (χ0) is 18.1. The highest BCUT2D eigenvalue weighted by molar-refractivity contribution is 7.80. The Morgan fingerprint density at radius 2 is 1.76 bits per heavy atom. The van der Waals surface area contributed by atoms with E-state index in [2.05, 4.69) is 10.6 Å². The molecule has 5 nitrogen and oxygen atoms in total. The van der Waals surface area contributed by atoms with Gasteiger partial charge in [0.05, 0.1) is 19.8 Å². The molecule has 1 atom stereocenters. The van der Waals surface area contributed by atoms with Crippen LogP contribution in [-0.4, -0.2) is 31.5 Å². The summed E-state index contributed by atoms with van der Waals surface area (Å²) in [6.45, 7) is 5.09. The Balaban J connectivity index is 1.78. The summed E-state index contributed by atoms with van der Waals surface area (Å²) in [5.74, 6) is 2.40. The summed E-state index contributed by atoms with van der Waals surface area (Å²) in [5, 5.41) is 6.90. The smallest absolute Gasteiger partial charge is 0.171 e. The van der Waals surface area contributed by atoms with Gasteiger partial charge in [0.1, 0.15) is 23.9 Å². The normalized spacial score (nSPS) is 11.3. The lowest BCUT2D eigenvalue weighted by Crippen LogP contribution is -2.39. The standard InChI is InChI=1S/C19H24N2O3S/c1-4-23-18-7-5-6-15(12-18)21-19(25)20-14(2)13-24-17-10-8-16(22-3)9-11-17/h5-12,14H,4,13H2,1-3H3,(H2,20,21,25)/t14-/m1/s1. The van der Waals surface area contributed by atoms with Crippen LogP contribution in [0.25, 0.3) is 0 Å². The number of ether oxygens (including phenoxy) is 3. The molecule has 0 amide bonds. The molecule has 0 aliphatic carbocycles. The minimum absolute atomic E-state index is 0.0529. The van der Waals surface area contributed by atoms with Crippen LogP contribution in [0.5, 0.6) is 17.2 Å². The van der Waals surface area contributed by atoms with Crippen molar-refractivity contribution in [3.05, 3.63) is 48.5 Å². The van der Waals surface area contributed by atoms with E-state index in [0.717, 1.165) is 22.9 Å². The average Bonchev–Trinajstić information content (AvgIpc) is 2.61. The van der Waals surface area contributed by atoms with E-state index in [-0.39, 0.29) is 6.04 Å². The third-order valence-electron chi connectivity index (χ3n) is 3.34. The molecular weight excluding hydrogens is 336 g/mol. The first-order valence-electron chi connectivity index (χ1n) is 8.18. The van der Waals surface area contributed by atoms with Gasteiger partial charge < -0.3 is 24.8 Å². The molecule has 0 saturated heterocycles. The van der Waals surface area contributed by atoms with Gasteiger partial charge in [-0.25, -0.2) is 0 Å². The third-order valence-corrected chi connectivity index (χ3v) is 3.56. The molecule has 0 fully saturated rings. The Kier molecular flexibility index (Phi) is 7.35. The number of benzene rings is 2. The van der Waals surface area contributed by atoms with E-state index in [1.54, 1.807) is 7.11 Å². The van der Waals surface area contributed by atoms with E-state index < -0.39 is 0 Å². The van der Waals surface area contributed by atoms with Gasteiger partial charge in [-0.2, -0.15) is 0 Å². The lowest BCUT2D eigenvalue weighted by atomic mass is 10.3. The topological polar surface area (TPSA) is 51.8 Å². The van der Waals surface area contributed by atoms with Crippen molar-refractivity contribution < 1.29 is 14.2 Å². The molecule has 2 N–H and O–H groups in total. The zero-order valence-corrected chi connectivity index (χ0v) is 15.6. The molecule has 0 aromatic heterocycles. The monoisotopic (exact) mass is 360 g/mol. The summed E-state index contributed by atoms with van der Waals surface area (Å²) in [4.78, 5) is 0. The lowest BCUT2D eigenvalue weighted by Gasteiger charge is -2.18. The van der Waals surface area contributed by atoms with Crippen LogP contribution in [0.15, 0.2) is 48.5 Å². The van der Waals surface area contributed by atoms with Crippen molar-refractivity contribution in [3.63, 3.8) is 0 Å². The van der Waals surface area contributed by atoms with Crippen LogP contribution in [0.2, 0.25) is 0 Å². The van der Waals surface area contributed by atoms with Crippen LogP contribution >= 0.6 is 12.2 Å². The first kappa shape index (κ1) is 18.9. The Hall–Kier alpha value is -2.47. The van der Waals surface area contributed by atoms with Gasteiger partial charge in [-0.05, 0) is 62.5 Å². The fraction of sp³-hybridized carbons (Fsp3) is 0.316. The molecule has 0 spiro atoms. The molecule has 2 aromatic rings. The van der Waals surface area contributed by atoms with E-state index in [9.17, 15) is 0 Å². The molecule has 6 heteroatoms. The molecule has 0 bridgehead atoms. The highest BCUT2D eigenvalue weighted by Gasteiger charge is 2.06. The summed E-state index contributed by atoms with van der Waals surface area (Å²) in [5.41, 5.74) is 0.881. The predicted octanol–water partition coefficient (Wildman–Crippen LogP) is 3.85. The molecule has 2 aromatic carbocycles. The van der Waals surface area contributed by atoms with Gasteiger partial charge >= 0.3 is 0 Å². The van der Waals surface area contributed by atoms with Crippen LogP contribution < -0.4 is 24.8 Å². The van der Waals surface area contributed by atoms with Gasteiger partial charge in [-0.15, -0.1) is 0 Å². The molecule has 2 rings (SSSR count). The van der Waals surface area contributed by atoms with Crippen molar-refractivity contribution in [1.82, 2.24) is 5.32 Å². The minimum atomic E-state index is 0.0529. The maximum absolute atomic E-state index is 5.74. The quantitative estimate of drug-likeness (QED) is 0.698. The fourth-order valence-electron chi connectivity index (χ4n) is 2.16. The van der Waals surface area contributed by atoms with Crippen LogP contribution in [0.1, 0.15) is 13.8 Å². The molecule has 0 heterocycles. The summed E-state index contributed by atoms with van der Waals surface area (Å²) in [7, 11) is 1.64. The number of anilines is 1. The molecule has 0 aliphatic heterocycles. The Morgan fingerprint density at radius 1 is 1.04 bits per heavy atom. The second kappa shape index (κ2) is 9.74. The highest BCUT2D eigenvalue weighted by atomic mass is 32.1. The largest absolute Gasteiger partial charge is 0.497 e. The number of nitrogens with one attached hydrogen (secondary N) is 2.